The second-order valence-electron chi connectivity index (χ2n) is 5.91. The van der Waals surface area contributed by atoms with Crippen molar-refractivity contribution in [2.75, 3.05) is 12.4 Å². The van der Waals surface area contributed by atoms with Gasteiger partial charge in [0.05, 0.1) is 5.52 Å². The second-order valence-corrected chi connectivity index (χ2v) is 6.88. The van der Waals surface area contributed by atoms with Gasteiger partial charge in [-0.1, -0.05) is 23.0 Å². The molecule has 0 aliphatic heterocycles. The Hall–Kier alpha value is -2.01. The van der Waals surface area contributed by atoms with Gasteiger partial charge in [0.1, 0.15) is 0 Å². The Morgan fingerprint density at radius 2 is 2.00 bits per heavy atom. The molecule has 1 aromatic carbocycles. The van der Waals surface area contributed by atoms with Crippen molar-refractivity contribution in [2.24, 2.45) is 0 Å². The van der Waals surface area contributed by atoms with E-state index in [0.717, 1.165) is 28.5 Å². The van der Waals surface area contributed by atoms with E-state index < -0.39 is 0 Å². The van der Waals surface area contributed by atoms with E-state index in [2.05, 4.69) is 41.5 Å². The largest absolute Gasteiger partial charge is 0.363 e. The van der Waals surface area contributed by atoms with Gasteiger partial charge in [0.15, 0.2) is 5.01 Å². The SMILES string of the molecule is CNc1nnc(-c2c3c(nc4c(C)cc(C)cc24)CCC3)s1. The molecule has 4 nitrogen and oxygen atoms in total. The van der Waals surface area contributed by atoms with Crippen molar-refractivity contribution < 1.29 is 0 Å². The lowest BCUT2D eigenvalue weighted by Crippen LogP contribution is -1.97. The highest BCUT2D eigenvalue weighted by Gasteiger charge is 2.23. The van der Waals surface area contributed by atoms with Gasteiger partial charge in [-0.25, -0.2) is 0 Å². The van der Waals surface area contributed by atoms with Crippen LogP contribution in [0.1, 0.15) is 28.8 Å². The van der Waals surface area contributed by atoms with Crippen molar-refractivity contribution >= 4 is 27.4 Å². The Labute approximate surface area is 133 Å². The molecule has 1 aliphatic carbocycles. The summed E-state index contributed by atoms with van der Waals surface area (Å²) >= 11 is 1.62. The number of aryl methyl sites for hydroxylation is 3. The van der Waals surface area contributed by atoms with E-state index in [-0.39, 0.29) is 0 Å². The van der Waals surface area contributed by atoms with Crippen LogP contribution in [0.25, 0.3) is 21.5 Å². The minimum absolute atomic E-state index is 0.857. The number of nitrogens with zero attached hydrogens (tertiary/aromatic N) is 3. The molecule has 0 radical (unpaired) electrons. The third-order valence-corrected chi connectivity index (χ3v) is 5.26. The quantitative estimate of drug-likeness (QED) is 0.780. The predicted octanol–water partition coefficient (Wildman–Crippen LogP) is 3.90. The summed E-state index contributed by atoms with van der Waals surface area (Å²) in [5.74, 6) is 0. The van der Waals surface area contributed by atoms with Crippen LogP contribution in [0.5, 0.6) is 0 Å². The predicted molar refractivity (Wildman–Crippen MR) is 91.7 cm³/mol. The Bertz CT molecular complexity index is 882. The summed E-state index contributed by atoms with van der Waals surface area (Å²) in [6, 6.07) is 4.45. The molecule has 2 heterocycles. The first-order chi connectivity index (χ1) is 10.7. The minimum atomic E-state index is 0.857. The molecule has 4 rings (SSSR count). The zero-order chi connectivity index (χ0) is 15.3. The molecule has 0 spiro atoms. The first-order valence-corrected chi connectivity index (χ1v) is 8.43. The number of hydrogen-bond donors (Lipinski definition) is 1. The molecule has 0 atom stereocenters. The van der Waals surface area contributed by atoms with E-state index in [9.17, 15) is 0 Å². The number of pyridine rings is 1. The van der Waals surface area contributed by atoms with Crippen LogP contribution < -0.4 is 5.32 Å². The maximum atomic E-state index is 4.95. The second kappa shape index (κ2) is 5.02. The number of rotatable bonds is 2. The number of anilines is 1. The Balaban J connectivity index is 2.10. The Kier molecular flexibility index (Phi) is 3.11. The normalized spacial score (nSPS) is 13.6. The summed E-state index contributed by atoms with van der Waals surface area (Å²) in [5.41, 5.74) is 7.49. The zero-order valence-corrected chi connectivity index (χ0v) is 13.8. The molecule has 2 aromatic heterocycles. The van der Waals surface area contributed by atoms with Gasteiger partial charge in [0.25, 0.3) is 0 Å². The number of hydrogen-bond acceptors (Lipinski definition) is 5. The average Bonchev–Trinajstić information content (AvgIpc) is 3.13. The van der Waals surface area contributed by atoms with Crippen LogP contribution in [-0.2, 0) is 12.8 Å². The van der Waals surface area contributed by atoms with Crippen molar-refractivity contribution in [1.29, 1.82) is 0 Å². The third-order valence-electron chi connectivity index (χ3n) is 4.30. The standard InChI is InChI=1S/C17H18N4S/c1-9-7-10(2)15-12(8-9)14(11-5-4-6-13(11)19-15)16-20-21-17(18-3)22-16/h7-8H,4-6H2,1-3H3,(H,18,21). The van der Waals surface area contributed by atoms with E-state index >= 15 is 0 Å². The average molecular weight is 310 g/mol. The highest BCUT2D eigenvalue weighted by Crippen LogP contribution is 2.40. The van der Waals surface area contributed by atoms with E-state index in [1.165, 1.54) is 39.8 Å². The number of benzene rings is 1. The van der Waals surface area contributed by atoms with E-state index in [1.807, 2.05) is 7.05 Å². The van der Waals surface area contributed by atoms with Crippen molar-refractivity contribution in [2.45, 2.75) is 33.1 Å². The molecule has 22 heavy (non-hydrogen) atoms. The van der Waals surface area contributed by atoms with Crippen molar-refractivity contribution in [3.63, 3.8) is 0 Å². The van der Waals surface area contributed by atoms with Crippen LogP contribution in [0.3, 0.4) is 0 Å². The lowest BCUT2D eigenvalue weighted by Gasteiger charge is -2.12. The van der Waals surface area contributed by atoms with Crippen molar-refractivity contribution in [3.05, 3.63) is 34.5 Å². The lowest BCUT2D eigenvalue weighted by molar-refractivity contribution is 0.901. The first kappa shape index (κ1) is 13.6. The molecule has 0 fully saturated rings. The summed E-state index contributed by atoms with van der Waals surface area (Å²) < 4.78 is 0. The van der Waals surface area contributed by atoms with Crippen molar-refractivity contribution in [3.8, 4) is 10.6 Å². The summed E-state index contributed by atoms with van der Waals surface area (Å²) in [7, 11) is 1.88. The highest BCUT2D eigenvalue weighted by molar-refractivity contribution is 7.18. The summed E-state index contributed by atoms with van der Waals surface area (Å²) in [5, 5.41) is 14.8. The van der Waals surface area contributed by atoms with Crippen LogP contribution in [0.4, 0.5) is 5.13 Å². The fraction of sp³-hybridized carbons (Fsp3) is 0.353. The molecule has 112 valence electrons. The van der Waals surface area contributed by atoms with Gasteiger partial charge in [0, 0.05) is 23.7 Å². The van der Waals surface area contributed by atoms with Crippen LogP contribution >= 0.6 is 11.3 Å². The first-order valence-electron chi connectivity index (χ1n) is 7.61. The molecule has 5 heteroatoms. The number of fused-ring (bicyclic) bond motifs is 2. The lowest BCUT2D eigenvalue weighted by atomic mass is 9.98. The van der Waals surface area contributed by atoms with Gasteiger partial charge in [0.2, 0.25) is 5.13 Å². The van der Waals surface area contributed by atoms with Gasteiger partial charge < -0.3 is 5.32 Å². The zero-order valence-electron chi connectivity index (χ0n) is 13.0. The smallest absolute Gasteiger partial charge is 0.205 e. The maximum absolute atomic E-state index is 4.95. The van der Waals surface area contributed by atoms with Gasteiger partial charge in [-0.3, -0.25) is 4.98 Å². The van der Waals surface area contributed by atoms with Crippen LogP contribution in [0.15, 0.2) is 12.1 Å². The van der Waals surface area contributed by atoms with Crippen LogP contribution in [-0.4, -0.2) is 22.2 Å². The molecular weight excluding hydrogens is 292 g/mol. The maximum Gasteiger partial charge on any atom is 0.205 e. The van der Waals surface area contributed by atoms with Gasteiger partial charge in [-0.05, 0) is 50.3 Å². The molecule has 0 unspecified atom stereocenters. The fourth-order valence-electron chi connectivity index (χ4n) is 3.39. The third kappa shape index (κ3) is 2.00. The Morgan fingerprint density at radius 3 is 2.77 bits per heavy atom. The summed E-state index contributed by atoms with van der Waals surface area (Å²) in [6.07, 6.45) is 3.35. The van der Waals surface area contributed by atoms with Gasteiger partial charge in [-0.15, -0.1) is 10.2 Å². The van der Waals surface area contributed by atoms with Gasteiger partial charge >= 0.3 is 0 Å². The molecule has 0 saturated heterocycles. The number of nitrogens with one attached hydrogen (secondary N) is 1. The summed E-state index contributed by atoms with van der Waals surface area (Å²) in [6.45, 7) is 4.29. The molecule has 1 aliphatic rings. The molecular formula is C17H18N4S. The molecule has 0 saturated carbocycles. The van der Waals surface area contributed by atoms with Crippen LogP contribution in [0, 0.1) is 13.8 Å². The van der Waals surface area contributed by atoms with E-state index in [4.69, 9.17) is 4.98 Å². The molecule has 3 aromatic rings. The van der Waals surface area contributed by atoms with Crippen LogP contribution in [0.2, 0.25) is 0 Å². The fourth-order valence-corrected chi connectivity index (χ4v) is 4.17. The minimum Gasteiger partial charge on any atom is -0.363 e. The van der Waals surface area contributed by atoms with Gasteiger partial charge in [-0.2, -0.15) is 0 Å². The summed E-state index contributed by atoms with van der Waals surface area (Å²) in [4.78, 5) is 4.95. The Morgan fingerprint density at radius 1 is 1.14 bits per heavy atom. The molecule has 0 amide bonds. The van der Waals surface area contributed by atoms with E-state index in [0.29, 0.717) is 0 Å². The molecule has 0 bridgehead atoms. The van der Waals surface area contributed by atoms with Crippen molar-refractivity contribution in [1.82, 2.24) is 15.2 Å². The topological polar surface area (TPSA) is 50.7 Å². The molecule has 1 N–H and O–H groups in total. The van der Waals surface area contributed by atoms with E-state index in [1.54, 1.807) is 11.3 Å². The number of aromatic nitrogens is 3. The monoisotopic (exact) mass is 310 g/mol. The highest BCUT2D eigenvalue weighted by atomic mass is 32.1.